The summed E-state index contributed by atoms with van der Waals surface area (Å²) in [5.41, 5.74) is 5.69. The Morgan fingerprint density at radius 3 is 2.58 bits per heavy atom. The van der Waals surface area contributed by atoms with Crippen LogP contribution in [0, 0.1) is 11.8 Å². The highest BCUT2D eigenvalue weighted by Crippen LogP contribution is 2.32. The van der Waals surface area contributed by atoms with Gasteiger partial charge in [-0.3, -0.25) is 4.79 Å². The molecule has 5 nitrogen and oxygen atoms in total. The van der Waals surface area contributed by atoms with Crippen LogP contribution in [0.2, 0.25) is 0 Å². The molecule has 19 heavy (non-hydrogen) atoms. The molecule has 0 spiro atoms. The molecule has 0 aromatic carbocycles. The maximum atomic E-state index is 12.4. The zero-order valence-corrected chi connectivity index (χ0v) is 12.9. The van der Waals surface area contributed by atoms with Crippen molar-refractivity contribution in [1.82, 2.24) is 4.90 Å². The lowest BCUT2D eigenvalue weighted by Gasteiger charge is -2.29. The van der Waals surface area contributed by atoms with Gasteiger partial charge in [-0.05, 0) is 32.2 Å². The van der Waals surface area contributed by atoms with Crippen molar-refractivity contribution >= 4 is 15.7 Å². The van der Waals surface area contributed by atoms with Gasteiger partial charge in [-0.15, -0.1) is 0 Å². The highest BCUT2D eigenvalue weighted by atomic mass is 32.2. The molecule has 0 bridgehead atoms. The second kappa shape index (κ2) is 6.70. The molecule has 0 saturated heterocycles. The molecule has 1 amide bonds. The third-order valence-corrected chi connectivity index (χ3v) is 6.09. The first-order valence-corrected chi connectivity index (χ1v) is 8.81. The van der Waals surface area contributed by atoms with E-state index < -0.39 is 9.84 Å². The molecule has 6 heteroatoms. The fourth-order valence-corrected chi connectivity index (χ4v) is 3.91. The van der Waals surface area contributed by atoms with E-state index in [1.54, 1.807) is 25.8 Å². The molecule has 112 valence electrons. The summed E-state index contributed by atoms with van der Waals surface area (Å²) in [5, 5.41) is 0. The van der Waals surface area contributed by atoms with Crippen LogP contribution in [0.5, 0.6) is 0 Å². The van der Waals surface area contributed by atoms with Crippen molar-refractivity contribution in [3.63, 3.8) is 0 Å². The Morgan fingerprint density at radius 2 is 2.05 bits per heavy atom. The van der Waals surface area contributed by atoms with Gasteiger partial charge in [0.2, 0.25) is 5.91 Å². The van der Waals surface area contributed by atoms with Gasteiger partial charge in [0.05, 0.1) is 5.75 Å². The zero-order chi connectivity index (χ0) is 14.6. The number of nitrogens with zero attached hydrogens (tertiary/aromatic N) is 1. The molecule has 1 aliphatic carbocycles. The zero-order valence-electron chi connectivity index (χ0n) is 12.1. The summed E-state index contributed by atoms with van der Waals surface area (Å²) < 4.78 is 23.2. The number of carbonyl (C=O) groups excluding carboxylic acids is 1. The van der Waals surface area contributed by atoms with Gasteiger partial charge in [0.1, 0.15) is 0 Å². The predicted octanol–water partition coefficient (Wildman–Crippen LogP) is 0.643. The van der Waals surface area contributed by atoms with Crippen molar-refractivity contribution in [2.75, 3.05) is 25.1 Å². The molecule has 1 saturated carbocycles. The average molecular weight is 290 g/mol. The van der Waals surface area contributed by atoms with Gasteiger partial charge in [-0.25, -0.2) is 8.42 Å². The lowest BCUT2D eigenvalue weighted by molar-refractivity contribution is -0.136. The highest BCUT2D eigenvalue weighted by molar-refractivity contribution is 7.91. The smallest absolute Gasteiger partial charge is 0.226 e. The number of sulfone groups is 1. The van der Waals surface area contributed by atoms with E-state index in [2.05, 4.69) is 0 Å². The maximum Gasteiger partial charge on any atom is 0.226 e. The minimum atomic E-state index is -3.06. The second-order valence-corrected chi connectivity index (χ2v) is 7.93. The predicted molar refractivity (Wildman–Crippen MR) is 76.4 cm³/mol. The summed E-state index contributed by atoms with van der Waals surface area (Å²) in [4.78, 5) is 14.0. The van der Waals surface area contributed by atoms with E-state index in [9.17, 15) is 13.2 Å². The van der Waals surface area contributed by atoms with Crippen LogP contribution in [-0.2, 0) is 14.6 Å². The summed E-state index contributed by atoms with van der Waals surface area (Å²) >= 11 is 0. The van der Waals surface area contributed by atoms with Crippen LogP contribution in [0.1, 0.15) is 33.1 Å². The van der Waals surface area contributed by atoms with Crippen molar-refractivity contribution in [3.05, 3.63) is 0 Å². The Kier molecular flexibility index (Phi) is 5.80. The third-order valence-electron chi connectivity index (χ3n) is 4.22. The molecule has 1 aliphatic rings. The molecule has 3 atom stereocenters. The van der Waals surface area contributed by atoms with Crippen LogP contribution < -0.4 is 5.73 Å². The Balaban J connectivity index is 2.66. The molecular formula is C13H26N2O3S. The quantitative estimate of drug-likeness (QED) is 0.778. The van der Waals surface area contributed by atoms with E-state index >= 15 is 0 Å². The summed E-state index contributed by atoms with van der Waals surface area (Å²) in [5.74, 6) is 0.429. The van der Waals surface area contributed by atoms with Gasteiger partial charge in [0.15, 0.2) is 9.84 Å². The van der Waals surface area contributed by atoms with Gasteiger partial charge in [0, 0.05) is 24.8 Å². The van der Waals surface area contributed by atoms with Crippen molar-refractivity contribution in [1.29, 1.82) is 0 Å². The normalized spacial score (nSPS) is 25.3. The molecule has 0 aromatic heterocycles. The molecule has 0 radical (unpaired) electrons. The monoisotopic (exact) mass is 290 g/mol. The lowest BCUT2D eigenvalue weighted by atomic mass is 9.94. The van der Waals surface area contributed by atoms with E-state index in [-0.39, 0.29) is 35.3 Å². The van der Waals surface area contributed by atoms with Crippen LogP contribution in [-0.4, -0.2) is 50.4 Å². The number of nitrogens with two attached hydrogens (primary N) is 1. The minimum absolute atomic E-state index is 0.0261. The SMILES string of the molecule is CCS(=O)(=O)CC(C)N(C)C(=O)[C@@H]1CCC[C@@H]1CN. The van der Waals surface area contributed by atoms with Crippen LogP contribution in [0.15, 0.2) is 0 Å². The Hall–Kier alpha value is -0.620. The number of carbonyl (C=O) groups is 1. The minimum Gasteiger partial charge on any atom is -0.342 e. The van der Waals surface area contributed by atoms with Gasteiger partial charge >= 0.3 is 0 Å². The van der Waals surface area contributed by atoms with Gasteiger partial charge in [-0.1, -0.05) is 13.3 Å². The molecule has 0 heterocycles. The molecule has 1 fully saturated rings. The van der Waals surface area contributed by atoms with Crippen LogP contribution in [0.3, 0.4) is 0 Å². The van der Waals surface area contributed by atoms with Crippen molar-refractivity contribution in [2.45, 2.75) is 39.2 Å². The third kappa shape index (κ3) is 4.18. The molecular weight excluding hydrogens is 264 g/mol. The first kappa shape index (κ1) is 16.4. The van der Waals surface area contributed by atoms with Crippen LogP contribution in [0.4, 0.5) is 0 Å². The summed E-state index contributed by atoms with van der Waals surface area (Å²) in [6.45, 7) is 3.95. The fourth-order valence-electron chi connectivity index (χ4n) is 2.72. The number of amides is 1. The topological polar surface area (TPSA) is 80.5 Å². The number of hydrogen-bond donors (Lipinski definition) is 1. The van der Waals surface area contributed by atoms with E-state index in [1.807, 2.05) is 0 Å². The molecule has 2 N–H and O–H groups in total. The largest absolute Gasteiger partial charge is 0.342 e. The Bertz CT molecular complexity index is 408. The van der Waals surface area contributed by atoms with Crippen LogP contribution >= 0.6 is 0 Å². The van der Waals surface area contributed by atoms with Gasteiger partial charge in [0.25, 0.3) is 0 Å². The molecule has 0 aliphatic heterocycles. The average Bonchev–Trinajstić information content (AvgIpc) is 2.84. The second-order valence-electron chi connectivity index (χ2n) is 5.53. The summed E-state index contributed by atoms with van der Waals surface area (Å²) in [6.07, 6.45) is 2.91. The Morgan fingerprint density at radius 1 is 1.42 bits per heavy atom. The lowest BCUT2D eigenvalue weighted by Crippen LogP contribution is -2.44. The van der Waals surface area contributed by atoms with E-state index in [4.69, 9.17) is 5.73 Å². The van der Waals surface area contributed by atoms with E-state index in [0.717, 1.165) is 19.3 Å². The Labute approximate surface area is 116 Å². The maximum absolute atomic E-state index is 12.4. The first-order valence-electron chi connectivity index (χ1n) is 6.99. The van der Waals surface area contributed by atoms with Gasteiger partial charge in [-0.2, -0.15) is 0 Å². The number of hydrogen-bond acceptors (Lipinski definition) is 4. The van der Waals surface area contributed by atoms with Crippen molar-refractivity contribution in [2.24, 2.45) is 17.6 Å². The highest BCUT2D eigenvalue weighted by Gasteiger charge is 2.35. The number of rotatable bonds is 6. The van der Waals surface area contributed by atoms with Gasteiger partial charge < -0.3 is 10.6 Å². The molecule has 0 aromatic rings. The van der Waals surface area contributed by atoms with Crippen molar-refractivity contribution < 1.29 is 13.2 Å². The fraction of sp³-hybridized carbons (Fsp3) is 0.923. The standard InChI is InChI=1S/C13H26N2O3S/c1-4-19(17,18)9-10(2)15(3)13(16)12-7-5-6-11(12)8-14/h10-12H,4-9,14H2,1-3H3/t10?,11-,12-/m1/s1. The van der Waals surface area contributed by atoms with E-state index in [0.29, 0.717) is 6.54 Å². The van der Waals surface area contributed by atoms with Crippen LogP contribution in [0.25, 0.3) is 0 Å². The summed E-state index contributed by atoms with van der Waals surface area (Å²) in [6, 6.07) is -0.281. The summed E-state index contributed by atoms with van der Waals surface area (Å²) in [7, 11) is -1.36. The molecule has 1 unspecified atom stereocenters. The van der Waals surface area contributed by atoms with E-state index in [1.165, 1.54) is 0 Å². The molecule has 1 rings (SSSR count). The van der Waals surface area contributed by atoms with Crippen molar-refractivity contribution in [3.8, 4) is 0 Å². The first-order chi connectivity index (χ1) is 8.82.